The molecule has 2 N–H and O–H groups in total. The van der Waals surface area contributed by atoms with E-state index >= 15 is 0 Å². The van der Waals surface area contributed by atoms with Gasteiger partial charge < -0.3 is 9.87 Å². The van der Waals surface area contributed by atoms with Crippen molar-refractivity contribution in [3.8, 4) is 0 Å². The molecule has 0 bridgehead atoms. The van der Waals surface area contributed by atoms with Crippen LogP contribution in [0.25, 0.3) is 0 Å². The van der Waals surface area contributed by atoms with E-state index in [9.17, 15) is 22.0 Å². The van der Waals surface area contributed by atoms with E-state index in [1.807, 2.05) is 27.7 Å². The van der Waals surface area contributed by atoms with Crippen molar-refractivity contribution in [3.63, 3.8) is 0 Å². The number of piperidine rings is 1. The molecule has 0 aromatic carbocycles. The summed E-state index contributed by atoms with van der Waals surface area (Å²) in [5, 5.41) is 2.88. The molecular weight excluding hydrogens is 414 g/mol. The first-order valence-electron chi connectivity index (χ1n) is 10.6. The number of hydrogen-bond donors (Lipinski definition) is 2. The smallest absolute Gasteiger partial charge is 0.232 e. The van der Waals surface area contributed by atoms with Crippen LogP contribution in [0, 0.1) is 5.92 Å². The van der Waals surface area contributed by atoms with Crippen LogP contribution >= 0.6 is 0 Å². The first-order valence-corrected chi connectivity index (χ1v) is 13.3. The van der Waals surface area contributed by atoms with Crippen LogP contribution in [-0.2, 0) is 26.1 Å². The fourth-order valence-corrected chi connectivity index (χ4v) is 4.18. The fraction of sp³-hybridized carbons (Fsp3) is 0.842. The Bertz CT molecular complexity index is 571. The van der Waals surface area contributed by atoms with Gasteiger partial charge in [-0.2, -0.15) is 0 Å². The number of nitrogens with zero attached hydrogens (tertiary/aromatic N) is 1. The van der Waals surface area contributed by atoms with Crippen molar-refractivity contribution in [2.75, 3.05) is 25.4 Å². The Labute approximate surface area is 183 Å². The van der Waals surface area contributed by atoms with E-state index in [2.05, 4.69) is 10.0 Å². The maximum Gasteiger partial charge on any atom is 0.232 e. The average molecular weight is 459 g/mol. The minimum absolute atomic E-state index is 0. The highest BCUT2D eigenvalue weighted by molar-refractivity contribution is 7.89. The molecule has 1 aliphatic rings. The van der Waals surface area contributed by atoms with Gasteiger partial charge in [0.25, 0.3) is 0 Å². The van der Waals surface area contributed by atoms with Crippen molar-refractivity contribution in [2.45, 2.75) is 73.1 Å². The van der Waals surface area contributed by atoms with Crippen molar-refractivity contribution < 1.29 is 24.8 Å². The number of nitrogens with one attached hydrogen (secondary N) is 2. The molecule has 8 nitrogen and oxygen atoms in total. The number of carbonyl (C=O) groups excluding carboxylic acids is 1. The zero-order valence-electron chi connectivity index (χ0n) is 18.6. The van der Waals surface area contributed by atoms with Gasteiger partial charge in [0.15, 0.2) is 0 Å². The standard InChI is InChI=1S/C15H29N3O5S2.2C2H6.2H2/c1-2-9-17-25(22,23)13-6-4-3-5-10-16-15(19)14-7-11-18(12-8-14)24(20)21;2*1-2;;/h2,9,14,17H,3-8,10-13H2,1H3,(H,16,19)(H,20,21);2*1-2H3;2*1H/p-1/b9-2+;;;;. The highest BCUT2D eigenvalue weighted by Gasteiger charge is 2.24. The van der Waals surface area contributed by atoms with Crippen LogP contribution in [0.1, 0.15) is 76.0 Å². The Morgan fingerprint density at radius 2 is 1.69 bits per heavy atom. The van der Waals surface area contributed by atoms with Crippen LogP contribution in [0.15, 0.2) is 12.3 Å². The third kappa shape index (κ3) is 15.5. The van der Waals surface area contributed by atoms with Gasteiger partial charge in [0.2, 0.25) is 15.9 Å². The van der Waals surface area contributed by atoms with Gasteiger partial charge >= 0.3 is 0 Å². The van der Waals surface area contributed by atoms with Gasteiger partial charge in [-0.3, -0.25) is 13.7 Å². The average Bonchev–Trinajstić information content (AvgIpc) is 2.74. The van der Waals surface area contributed by atoms with Gasteiger partial charge in [0.1, 0.15) is 0 Å². The second-order valence-electron chi connectivity index (χ2n) is 6.06. The highest BCUT2D eigenvalue weighted by atomic mass is 32.2. The lowest BCUT2D eigenvalue weighted by molar-refractivity contribution is -0.126. The molecule has 0 aromatic rings. The number of sulfonamides is 1. The van der Waals surface area contributed by atoms with Crippen LogP contribution in [-0.4, -0.2) is 52.8 Å². The monoisotopic (exact) mass is 458 g/mol. The van der Waals surface area contributed by atoms with Crippen LogP contribution in [0.2, 0.25) is 0 Å². The van der Waals surface area contributed by atoms with Gasteiger partial charge in [-0.1, -0.05) is 46.6 Å². The van der Waals surface area contributed by atoms with Gasteiger partial charge in [0.05, 0.1) is 5.75 Å². The minimum atomic E-state index is -3.23. The summed E-state index contributed by atoms with van der Waals surface area (Å²) >= 11 is -2.20. The summed E-state index contributed by atoms with van der Waals surface area (Å²) in [6, 6.07) is 0. The topological polar surface area (TPSA) is 119 Å². The molecule has 1 heterocycles. The van der Waals surface area contributed by atoms with Crippen LogP contribution in [0.3, 0.4) is 0 Å². The number of amides is 1. The Kier molecular flexibility index (Phi) is 19.8. The van der Waals surface area contributed by atoms with Gasteiger partial charge in [-0.15, -0.1) is 0 Å². The third-order valence-corrected chi connectivity index (χ3v) is 6.20. The Hall–Kier alpha value is -0.970. The van der Waals surface area contributed by atoms with Crippen LogP contribution in [0.5, 0.6) is 0 Å². The quantitative estimate of drug-likeness (QED) is 0.364. The van der Waals surface area contributed by atoms with E-state index in [1.165, 1.54) is 10.5 Å². The number of rotatable bonds is 11. The molecule has 29 heavy (non-hydrogen) atoms. The number of carbonyl (C=O) groups is 1. The third-order valence-electron chi connectivity index (χ3n) is 4.09. The Morgan fingerprint density at radius 3 is 2.21 bits per heavy atom. The number of allylic oxidation sites excluding steroid dienone is 1. The summed E-state index contributed by atoms with van der Waals surface area (Å²) in [5.74, 6) is -0.0410. The molecule has 10 heteroatoms. The maximum atomic E-state index is 12.0. The summed E-state index contributed by atoms with van der Waals surface area (Å²) in [5.41, 5.74) is 0. The van der Waals surface area contributed by atoms with Gasteiger partial charge in [-0.25, -0.2) is 12.7 Å². The molecule has 0 spiro atoms. The first kappa shape index (κ1) is 30.2. The molecule has 1 saturated heterocycles. The lowest BCUT2D eigenvalue weighted by atomic mass is 9.97. The van der Waals surface area contributed by atoms with E-state index in [-0.39, 0.29) is 20.4 Å². The summed E-state index contributed by atoms with van der Waals surface area (Å²) < 4.78 is 48.4. The summed E-state index contributed by atoms with van der Waals surface area (Å²) in [4.78, 5) is 12.0. The normalized spacial score (nSPS) is 16.2. The van der Waals surface area contributed by atoms with Crippen molar-refractivity contribution in [2.24, 2.45) is 5.92 Å². The van der Waals surface area contributed by atoms with E-state index in [4.69, 9.17) is 0 Å². The molecule has 1 rings (SSSR count). The fourth-order valence-electron chi connectivity index (χ4n) is 2.62. The van der Waals surface area contributed by atoms with Crippen LogP contribution in [0.4, 0.5) is 0 Å². The molecule has 0 radical (unpaired) electrons. The molecule has 1 amide bonds. The second kappa shape index (κ2) is 19.0. The van der Waals surface area contributed by atoms with Gasteiger partial charge in [-0.05, 0) is 32.6 Å². The van der Waals surface area contributed by atoms with Crippen molar-refractivity contribution >= 4 is 27.2 Å². The zero-order chi connectivity index (χ0) is 22.7. The molecule has 1 aliphatic heterocycles. The molecule has 0 aromatic heterocycles. The predicted molar refractivity (Wildman–Crippen MR) is 123 cm³/mol. The maximum absolute atomic E-state index is 12.0. The van der Waals surface area contributed by atoms with E-state index in [0.29, 0.717) is 38.9 Å². The molecule has 0 aliphatic carbocycles. The van der Waals surface area contributed by atoms with Gasteiger partial charge in [0, 0.05) is 45.9 Å². The molecule has 0 saturated carbocycles. The number of hydrogen-bond acceptors (Lipinski definition) is 5. The predicted octanol–water partition coefficient (Wildman–Crippen LogP) is 3.17. The zero-order valence-corrected chi connectivity index (χ0v) is 20.2. The molecule has 1 fully saturated rings. The van der Waals surface area contributed by atoms with E-state index < -0.39 is 21.3 Å². The second-order valence-corrected chi connectivity index (χ2v) is 8.89. The SMILES string of the molecule is C/C=C/NS(=O)(=O)CCCCCCNC(=O)C1CCN(S(=O)[O-])CC1.CC.CC.[HH].[HH]. The molecule has 1 atom stereocenters. The Balaban J connectivity index is -0.000000572. The number of unbranched alkanes of at least 4 members (excludes halogenated alkanes) is 3. The summed E-state index contributed by atoms with van der Waals surface area (Å²) in [6.07, 6.45) is 7.18. The highest BCUT2D eigenvalue weighted by Crippen LogP contribution is 2.18. The lowest BCUT2D eigenvalue weighted by Crippen LogP contribution is -2.41. The Morgan fingerprint density at radius 1 is 1.14 bits per heavy atom. The van der Waals surface area contributed by atoms with Crippen molar-refractivity contribution in [1.29, 1.82) is 0 Å². The molecule has 1 unspecified atom stereocenters. The molecule has 178 valence electrons. The van der Waals surface area contributed by atoms with Crippen LogP contribution < -0.4 is 10.0 Å². The molecular formula is C19H44N3O5S2-. The van der Waals surface area contributed by atoms with Crippen molar-refractivity contribution in [1.82, 2.24) is 14.3 Å². The first-order chi connectivity index (χ1) is 13.9. The van der Waals surface area contributed by atoms with Crippen molar-refractivity contribution in [3.05, 3.63) is 12.3 Å². The lowest BCUT2D eigenvalue weighted by Gasteiger charge is -2.31. The summed E-state index contributed by atoms with van der Waals surface area (Å²) in [6.45, 7) is 11.1. The van der Waals surface area contributed by atoms with E-state index in [1.54, 1.807) is 13.0 Å². The largest absolute Gasteiger partial charge is 0.760 e. The summed E-state index contributed by atoms with van der Waals surface area (Å²) in [7, 11) is -3.23. The minimum Gasteiger partial charge on any atom is -0.760 e. The van der Waals surface area contributed by atoms with E-state index in [0.717, 1.165) is 19.3 Å².